The Labute approximate surface area is 136 Å². The average Bonchev–Trinajstić information content (AvgIpc) is 2.93. The minimum absolute atomic E-state index is 0.0411. The van der Waals surface area contributed by atoms with Gasteiger partial charge in [0.2, 0.25) is 5.75 Å². The average molecular weight is 330 g/mol. The van der Waals surface area contributed by atoms with Crippen LogP contribution in [0.2, 0.25) is 0 Å². The van der Waals surface area contributed by atoms with E-state index in [2.05, 4.69) is 0 Å². The molecule has 0 amide bonds. The van der Waals surface area contributed by atoms with Gasteiger partial charge < -0.3 is 29.2 Å². The highest BCUT2D eigenvalue weighted by molar-refractivity contribution is 6.08. The number of ether oxygens (including phenoxy) is 2. The van der Waals surface area contributed by atoms with E-state index in [4.69, 9.17) is 13.9 Å². The van der Waals surface area contributed by atoms with Gasteiger partial charge in [-0.1, -0.05) is 0 Å². The van der Waals surface area contributed by atoms with Crippen LogP contribution >= 0.6 is 0 Å². The zero-order chi connectivity index (χ0) is 17.4. The number of carboxylic acids is 1. The van der Waals surface area contributed by atoms with Gasteiger partial charge in [0.15, 0.2) is 11.5 Å². The molecule has 1 heterocycles. The van der Waals surface area contributed by atoms with Crippen LogP contribution in [-0.4, -0.2) is 35.5 Å². The standard InChI is InChI=1S/C17H14O7/c1-22-12-5-8(6-13(23-2)15(12)19)16-14(17(20)21)10-4-3-9(18)7-11(10)24-16/h3-7,18-19H,1-2H3,(H,20,21). The Morgan fingerprint density at radius 1 is 1.04 bits per heavy atom. The van der Waals surface area contributed by atoms with Crippen molar-refractivity contribution in [2.24, 2.45) is 0 Å². The Balaban J connectivity index is 2.33. The summed E-state index contributed by atoms with van der Waals surface area (Å²) in [7, 11) is 2.74. The quantitative estimate of drug-likeness (QED) is 0.673. The van der Waals surface area contributed by atoms with E-state index >= 15 is 0 Å². The number of hydrogen-bond acceptors (Lipinski definition) is 6. The third-order valence-corrected chi connectivity index (χ3v) is 3.63. The first-order chi connectivity index (χ1) is 11.5. The summed E-state index contributed by atoms with van der Waals surface area (Å²) in [4.78, 5) is 11.7. The van der Waals surface area contributed by atoms with Gasteiger partial charge in [0.25, 0.3) is 0 Å². The van der Waals surface area contributed by atoms with Crippen LogP contribution in [0.15, 0.2) is 34.7 Å². The summed E-state index contributed by atoms with van der Waals surface area (Å²) in [6.45, 7) is 0. The molecule has 3 rings (SSSR count). The molecule has 0 saturated carbocycles. The minimum atomic E-state index is -1.18. The first kappa shape index (κ1) is 15.5. The number of rotatable bonds is 4. The third-order valence-electron chi connectivity index (χ3n) is 3.63. The van der Waals surface area contributed by atoms with E-state index in [0.29, 0.717) is 10.9 Å². The maximum Gasteiger partial charge on any atom is 0.340 e. The molecule has 0 aliphatic heterocycles. The molecule has 0 atom stereocenters. The second-order valence-electron chi connectivity index (χ2n) is 5.02. The van der Waals surface area contributed by atoms with E-state index < -0.39 is 5.97 Å². The fourth-order valence-corrected chi connectivity index (χ4v) is 2.53. The Hall–Kier alpha value is -3.35. The van der Waals surface area contributed by atoms with Gasteiger partial charge in [-0.05, 0) is 24.3 Å². The molecule has 0 fully saturated rings. The number of methoxy groups -OCH3 is 2. The van der Waals surface area contributed by atoms with Gasteiger partial charge in [-0.15, -0.1) is 0 Å². The molecule has 0 bridgehead atoms. The molecule has 24 heavy (non-hydrogen) atoms. The number of hydrogen-bond donors (Lipinski definition) is 3. The summed E-state index contributed by atoms with van der Waals surface area (Å²) < 4.78 is 15.8. The highest BCUT2D eigenvalue weighted by atomic mass is 16.5. The van der Waals surface area contributed by atoms with Gasteiger partial charge in [-0.2, -0.15) is 0 Å². The van der Waals surface area contributed by atoms with Gasteiger partial charge >= 0.3 is 5.97 Å². The summed E-state index contributed by atoms with van der Waals surface area (Å²) in [5.41, 5.74) is 0.530. The summed E-state index contributed by atoms with van der Waals surface area (Å²) >= 11 is 0. The van der Waals surface area contributed by atoms with E-state index in [1.165, 1.54) is 44.6 Å². The second-order valence-corrected chi connectivity index (χ2v) is 5.02. The molecular formula is C17H14O7. The predicted molar refractivity (Wildman–Crippen MR) is 85.0 cm³/mol. The van der Waals surface area contributed by atoms with Crippen LogP contribution in [0.1, 0.15) is 10.4 Å². The highest BCUT2D eigenvalue weighted by Crippen LogP contribution is 2.43. The molecule has 0 spiro atoms. The Kier molecular flexibility index (Phi) is 3.69. The van der Waals surface area contributed by atoms with Crippen molar-refractivity contribution in [3.05, 3.63) is 35.9 Å². The normalized spacial score (nSPS) is 10.8. The molecule has 0 aliphatic carbocycles. The molecule has 124 valence electrons. The SMILES string of the molecule is COc1cc(-c2oc3cc(O)ccc3c2C(=O)O)cc(OC)c1O. The number of benzene rings is 2. The van der Waals surface area contributed by atoms with Gasteiger partial charge in [-0.3, -0.25) is 0 Å². The fourth-order valence-electron chi connectivity index (χ4n) is 2.53. The number of fused-ring (bicyclic) bond motifs is 1. The van der Waals surface area contributed by atoms with E-state index in [1.807, 2.05) is 0 Å². The molecule has 3 N–H and O–H groups in total. The van der Waals surface area contributed by atoms with Crippen molar-refractivity contribution in [3.63, 3.8) is 0 Å². The van der Waals surface area contributed by atoms with Crippen LogP contribution in [0.4, 0.5) is 0 Å². The molecule has 1 aromatic heterocycles. The van der Waals surface area contributed by atoms with Crippen molar-refractivity contribution in [1.29, 1.82) is 0 Å². The summed E-state index contributed by atoms with van der Waals surface area (Å²) in [5, 5.41) is 29.4. The third kappa shape index (κ3) is 2.36. The van der Waals surface area contributed by atoms with Crippen LogP contribution in [0.3, 0.4) is 0 Å². The maximum atomic E-state index is 11.7. The lowest BCUT2D eigenvalue weighted by molar-refractivity contribution is 0.0699. The predicted octanol–water partition coefficient (Wildman–Crippen LogP) is 3.23. The lowest BCUT2D eigenvalue weighted by Crippen LogP contribution is -1.98. The summed E-state index contributed by atoms with van der Waals surface area (Å²) in [6.07, 6.45) is 0. The Bertz CT molecular complexity index is 915. The zero-order valence-corrected chi connectivity index (χ0v) is 12.9. The van der Waals surface area contributed by atoms with Crippen LogP contribution in [-0.2, 0) is 0 Å². The molecule has 3 aromatic rings. The lowest BCUT2D eigenvalue weighted by atomic mass is 10.0. The number of carboxylic acid groups (broad SMARTS) is 1. The number of phenols is 2. The van der Waals surface area contributed by atoms with Crippen molar-refractivity contribution in [2.75, 3.05) is 14.2 Å². The van der Waals surface area contributed by atoms with Gasteiger partial charge in [0.05, 0.1) is 14.2 Å². The minimum Gasteiger partial charge on any atom is -0.508 e. The molecule has 7 heteroatoms. The molecule has 0 unspecified atom stereocenters. The molecular weight excluding hydrogens is 316 g/mol. The van der Waals surface area contributed by atoms with E-state index in [9.17, 15) is 20.1 Å². The number of carbonyl (C=O) groups is 1. The molecule has 7 nitrogen and oxygen atoms in total. The van der Waals surface area contributed by atoms with Gasteiger partial charge in [0.1, 0.15) is 22.7 Å². The van der Waals surface area contributed by atoms with E-state index in [1.54, 1.807) is 0 Å². The van der Waals surface area contributed by atoms with Crippen molar-refractivity contribution in [2.45, 2.75) is 0 Å². The smallest absolute Gasteiger partial charge is 0.340 e. The fraction of sp³-hybridized carbons (Fsp3) is 0.118. The topological polar surface area (TPSA) is 109 Å². The summed E-state index contributed by atoms with van der Waals surface area (Å²) in [5.74, 6) is -1.12. The van der Waals surface area contributed by atoms with Crippen molar-refractivity contribution >= 4 is 16.9 Å². The first-order valence-electron chi connectivity index (χ1n) is 6.90. The largest absolute Gasteiger partial charge is 0.508 e. The second kappa shape index (κ2) is 5.69. The number of furan rings is 1. The maximum absolute atomic E-state index is 11.7. The van der Waals surface area contributed by atoms with Crippen molar-refractivity contribution in [3.8, 4) is 34.3 Å². The first-order valence-corrected chi connectivity index (χ1v) is 6.90. The van der Waals surface area contributed by atoms with E-state index in [-0.39, 0.29) is 39.9 Å². The van der Waals surface area contributed by atoms with Gasteiger partial charge in [0, 0.05) is 17.0 Å². The van der Waals surface area contributed by atoms with Crippen molar-refractivity contribution in [1.82, 2.24) is 0 Å². The number of phenolic OH excluding ortho intramolecular Hbond substituents is 2. The van der Waals surface area contributed by atoms with E-state index in [0.717, 1.165) is 0 Å². The van der Waals surface area contributed by atoms with Crippen LogP contribution < -0.4 is 9.47 Å². The Morgan fingerprint density at radius 2 is 1.67 bits per heavy atom. The molecule has 0 aliphatic rings. The number of aromatic carboxylic acids is 1. The Morgan fingerprint density at radius 3 is 2.21 bits per heavy atom. The number of aromatic hydroxyl groups is 2. The zero-order valence-electron chi connectivity index (χ0n) is 12.9. The monoisotopic (exact) mass is 330 g/mol. The van der Waals surface area contributed by atoms with Crippen LogP contribution in [0, 0.1) is 0 Å². The molecule has 0 saturated heterocycles. The summed E-state index contributed by atoms with van der Waals surface area (Å²) in [6, 6.07) is 7.08. The highest BCUT2D eigenvalue weighted by Gasteiger charge is 2.24. The van der Waals surface area contributed by atoms with Crippen LogP contribution in [0.5, 0.6) is 23.0 Å². The van der Waals surface area contributed by atoms with Gasteiger partial charge in [-0.25, -0.2) is 4.79 Å². The molecule has 2 aromatic carbocycles. The van der Waals surface area contributed by atoms with Crippen molar-refractivity contribution < 1.29 is 34.0 Å². The lowest BCUT2D eigenvalue weighted by Gasteiger charge is -2.10. The molecule has 0 radical (unpaired) electrons. The van der Waals surface area contributed by atoms with Crippen LogP contribution in [0.25, 0.3) is 22.3 Å².